The first kappa shape index (κ1) is 18.2. The molecule has 1 radical (unpaired) electrons. The average Bonchev–Trinajstić information content (AvgIpc) is 3.44. The lowest BCUT2D eigenvalue weighted by molar-refractivity contribution is 0.466. The highest BCUT2D eigenvalue weighted by atomic mass is 35.5. The highest BCUT2D eigenvalue weighted by Gasteiger charge is 2.42. The van der Waals surface area contributed by atoms with Crippen LogP contribution in [0.25, 0.3) is 16.7 Å². The summed E-state index contributed by atoms with van der Waals surface area (Å²) in [6.45, 7) is 7.18. The Morgan fingerprint density at radius 1 is 1.28 bits per heavy atom. The summed E-state index contributed by atoms with van der Waals surface area (Å²) in [6.07, 6.45) is 8.95. The molecule has 1 saturated heterocycles. The molecule has 0 spiro atoms. The van der Waals surface area contributed by atoms with Crippen molar-refractivity contribution < 1.29 is 0 Å². The van der Waals surface area contributed by atoms with Crippen LogP contribution in [0, 0.1) is 20.0 Å². The van der Waals surface area contributed by atoms with E-state index in [0.29, 0.717) is 0 Å². The third-order valence-corrected chi connectivity index (χ3v) is 6.35. The number of anilines is 1. The maximum absolute atomic E-state index is 6.33. The van der Waals surface area contributed by atoms with Crippen LogP contribution in [-0.2, 0) is 5.54 Å². The number of rotatable bonds is 3. The third-order valence-electron chi connectivity index (χ3n) is 5.94. The predicted molar refractivity (Wildman–Crippen MR) is 115 cm³/mol. The van der Waals surface area contributed by atoms with Gasteiger partial charge in [0, 0.05) is 29.7 Å². The number of aromatic amines is 1. The molecule has 1 aliphatic rings. The highest BCUT2D eigenvalue weighted by Crippen LogP contribution is 2.43. The van der Waals surface area contributed by atoms with E-state index in [2.05, 4.69) is 39.2 Å². The molecule has 3 aromatic heterocycles. The fourth-order valence-electron chi connectivity index (χ4n) is 4.31. The van der Waals surface area contributed by atoms with Crippen LogP contribution < -0.4 is 4.90 Å². The molecule has 147 valence electrons. The number of imidazole rings is 1. The molecule has 5 rings (SSSR count). The van der Waals surface area contributed by atoms with E-state index in [9.17, 15) is 0 Å². The minimum Gasteiger partial charge on any atom is -0.357 e. The van der Waals surface area contributed by atoms with Crippen LogP contribution in [0.3, 0.4) is 0 Å². The molecule has 6 nitrogen and oxygen atoms in total. The summed E-state index contributed by atoms with van der Waals surface area (Å²) in [6, 6.07) is 7.95. The van der Waals surface area contributed by atoms with Crippen LogP contribution in [0.4, 0.5) is 5.69 Å². The van der Waals surface area contributed by atoms with Gasteiger partial charge >= 0.3 is 0 Å². The van der Waals surface area contributed by atoms with Gasteiger partial charge in [-0.3, -0.25) is 0 Å². The van der Waals surface area contributed by atoms with Crippen LogP contribution in [-0.4, -0.2) is 31.3 Å². The van der Waals surface area contributed by atoms with E-state index in [0.717, 1.165) is 63.9 Å². The molecule has 1 N–H and O–H groups in total. The highest BCUT2D eigenvalue weighted by molar-refractivity contribution is 6.32. The van der Waals surface area contributed by atoms with Gasteiger partial charge < -0.3 is 9.88 Å². The second-order valence-electron chi connectivity index (χ2n) is 7.88. The molecule has 4 heterocycles. The lowest BCUT2D eigenvalue weighted by atomic mass is 9.97. The summed E-state index contributed by atoms with van der Waals surface area (Å²) in [5.41, 5.74) is 5.52. The zero-order valence-electron chi connectivity index (χ0n) is 16.7. The third kappa shape index (κ3) is 2.82. The molecule has 0 bridgehead atoms. The van der Waals surface area contributed by atoms with Crippen molar-refractivity contribution in [3.8, 4) is 5.69 Å². The SMILES string of the molecule is Cc1cc(N2CCC[C@@]2(C)c2nc3c(C)c(Cl)ccc3[nH]2)c(-n2cccn2)[c]n1. The van der Waals surface area contributed by atoms with E-state index in [4.69, 9.17) is 16.6 Å². The number of halogens is 1. The molecule has 1 atom stereocenters. The van der Waals surface area contributed by atoms with Gasteiger partial charge in [-0.15, -0.1) is 0 Å². The second kappa shape index (κ2) is 6.59. The Bertz CT molecular complexity index is 1200. The predicted octanol–water partition coefficient (Wildman–Crippen LogP) is 4.73. The monoisotopic (exact) mass is 405 g/mol. The minimum absolute atomic E-state index is 0.276. The molecule has 0 saturated carbocycles. The van der Waals surface area contributed by atoms with Crippen LogP contribution in [0.1, 0.15) is 36.8 Å². The Hall–Kier alpha value is -2.86. The summed E-state index contributed by atoms with van der Waals surface area (Å²) >= 11 is 6.33. The number of hydrogen-bond donors (Lipinski definition) is 1. The first-order chi connectivity index (χ1) is 14.0. The average molecular weight is 406 g/mol. The van der Waals surface area contributed by atoms with E-state index >= 15 is 0 Å². The van der Waals surface area contributed by atoms with Gasteiger partial charge in [0.2, 0.25) is 0 Å². The molecule has 7 heteroatoms. The van der Waals surface area contributed by atoms with Gasteiger partial charge in [0.25, 0.3) is 0 Å². The lowest BCUT2D eigenvalue weighted by Crippen LogP contribution is -2.40. The minimum atomic E-state index is -0.276. The maximum atomic E-state index is 6.33. The number of aromatic nitrogens is 5. The van der Waals surface area contributed by atoms with Crippen molar-refractivity contribution in [1.29, 1.82) is 0 Å². The van der Waals surface area contributed by atoms with Gasteiger partial charge in [-0.05, 0) is 63.4 Å². The molecule has 1 aliphatic heterocycles. The van der Waals surface area contributed by atoms with Crippen molar-refractivity contribution in [2.45, 2.75) is 39.2 Å². The summed E-state index contributed by atoms with van der Waals surface area (Å²) in [5, 5.41) is 5.15. The van der Waals surface area contributed by atoms with Crippen LogP contribution >= 0.6 is 11.6 Å². The molecule has 1 aromatic carbocycles. The molecular weight excluding hydrogens is 384 g/mol. The Labute approximate surface area is 174 Å². The summed E-state index contributed by atoms with van der Waals surface area (Å²) in [5.74, 6) is 0.955. The number of fused-ring (bicyclic) bond motifs is 1. The smallest absolute Gasteiger partial charge is 0.132 e. The maximum Gasteiger partial charge on any atom is 0.132 e. The number of hydrogen-bond acceptors (Lipinski definition) is 4. The Kier molecular flexibility index (Phi) is 4.13. The van der Waals surface area contributed by atoms with Crippen molar-refractivity contribution in [2.24, 2.45) is 0 Å². The molecule has 4 aromatic rings. The van der Waals surface area contributed by atoms with Gasteiger partial charge in [-0.25, -0.2) is 14.6 Å². The van der Waals surface area contributed by atoms with Gasteiger partial charge in [0.15, 0.2) is 0 Å². The first-order valence-electron chi connectivity index (χ1n) is 9.80. The van der Waals surface area contributed by atoms with E-state index in [1.54, 1.807) is 6.20 Å². The molecule has 0 amide bonds. The van der Waals surface area contributed by atoms with Gasteiger partial charge in [0.05, 0.1) is 22.3 Å². The number of aryl methyl sites for hydroxylation is 2. The van der Waals surface area contributed by atoms with Gasteiger partial charge in [-0.1, -0.05) is 11.6 Å². The van der Waals surface area contributed by atoms with Crippen molar-refractivity contribution in [1.82, 2.24) is 24.7 Å². The lowest BCUT2D eigenvalue weighted by Gasteiger charge is -2.36. The summed E-state index contributed by atoms with van der Waals surface area (Å²) in [7, 11) is 0. The Balaban J connectivity index is 1.66. The number of H-pyrrole nitrogens is 1. The standard InChI is InChI=1S/C22H22ClN6/c1-14-12-18(19(13-24-14)29-11-5-9-25-29)28-10-4-8-22(28,3)21-26-17-7-6-16(23)15(2)20(17)27-21/h5-7,9,11-12H,4,8,10H2,1-3H3,(H,26,27)/t22-/m0/s1. The van der Waals surface area contributed by atoms with Crippen LogP contribution in [0.15, 0.2) is 36.7 Å². The topological polar surface area (TPSA) is 62.6 Å². The fraction of sp³-hybridized carbons (Fsp3) is 0.318. The Morgan fingerprint density at radius 2 is 2.14 bits per heavy atom. The number of nitrogens with zero attached hydrogens (tertiary/aromatic N) is 5. The van der Waals surface area contributed by atoms with Gasteiger partial charge in [0.1, 0.15) is 17.7 Å². The van der Waals surface area contributed by atoms with Crippen LogP contribution in [0.2, 0.25) is 5.02 Å². The molecule has 0 aliphatic carbocycles. The van der Waals surface area contributed by atoms with Crippen molar-refractivity contribution in [3.05, 3.63) is 65.0 Å². The summed E-state index contributed by atoms with van der Waals surface area (Å²) < 4.78 is 1.82. The van der Waals surface area contributed by atoms with Crippen LogP contribution in [0.5, 0.6) is 0 Å². The molecular formula is C22H22ClN6. The van der Waals surface area contributed by atoms with E-state index in [1.807, 2.05) is 42.9 Å². The first-order valence-corrected chi connectivity index (χ1v) is 10.2. The number of pyridine rings is 1. The number of nitrogens with one attached hydrogen (secondary N) is 1. The molecule has 0 unspecified atom stereocenters. The van der Waals surface area contributed by atoms with Crippen molar-refractivity contribution in [3.63, 3.8) is 0 Å². The second-order valence-corrected chi connectivity index (χ2v) is 8.28. The van der Waals surface area contributed by atoms with E-state index in [1.165, 1.54) is 0 Å². The zero-order valence-corrected chi connectivity index (χ0v) is 17.5. The molecule has 1 fully saturated rings. The largest absolute Gasteiger partial charge is 0.357 e. The molecule has 29 heavy (non-hydrogen) atoms. The fourth-order valence-corrected chi connectivity index (χ4v) is 4.46. The Morgan fingerprint density at radius 3 is 2.93 bits per heavy atom. The van der Waals surface area contributed by atoms with E-state index < -0.39 is 0 Å². The number of benzene rings is 1. The van der Waals surface area contributed by atoms with Crippen molar-refractivity contribution >= 4 is 28.3 Å². The normalized spacial score (nSPS) is 19.4. The quantitative estimate of drug-likeness (QED) is 0.535. The van der Waals surface area contributed by atoms with Crippen molar-refractivity contribution in [2.75, 3.05) is 11.4 Å². The van der Waals surface area contributed by atoms with Gasteiger partial charge in [-0.2, -0.15) is 5.10 Å². The summed E-state index contributed by atoms with van der Waals surface area (Å²) in [4.78, 5) is 15.3. The zero-order chi connectivity index (χ0) is 20.2. The van der Waals surface area contributed by atoms with E-state index in [-0.39, 0.29) is 5.54 Å².